The molecule has 1 N–H and O–H groups in total. The molecule has 1 aromatic rings. The Balaban J connectivity index is 1.77. The van der Waals surface area contributed by atoms with Crippen molar-refractivity contribution in [3.05, 3.63) is 34.9 Å². The minimum atomic E-state index is -0.364. The summed E-state index contributed by atoms with van der Waals surface area (Å²) in [5.74, 6) is -0.726. The van der Waals surface area contributed by atoms with Crippen LogP contribution in [0.15, 0.2) is 18.2 Å². The highest BCUT2D eigenvalue weighted by molar-refractivity contribution is 6.42. The van der Waals surface area contributed by atoms with E-state index in [1.165, 1.54) is 11.1 Å². The molecule has 4 heteroatoms. The van der Waals surface area contributed by atoms with Gasteiger partial charge in [-0.05, 0) is 36.5 Å². The zero-order valence-corrected chi connectivity index (χ0v) is 10.9. The van der Waals surface area contributed by atoms with E-state index >= 15 is 0 Å². The maximum absolute atomic E-state index is 12.2. The third-order valence-electron chi connectivity index (χ3n) is 3.96. The number of ketones is 1. The van der Waals surface area contributed by atoms with Gasteiger partial charge in [-0.2, -0.15) is 0 Å². The zero-order chi connectivity index (χ0) is 13.2. The number of hydrogen-bond acceptors (Lipinski definition) is 3. The molecule has 3 rings (SSSR count). The number of Topliss-reactive ketones (excluding diaryl/α,β-unsaturated/α-hetero) is 1. The maximum atomic E-state index is 12.2. The Kier molecular flexibility index (Phi) is 3.34. The van der Waals surface area contributed by atoms with Crippen LogP contribution in [0, 0.1) is 0 Å². The fourth-order valence-electron chi connectivity index (χ4n) is 2.85. The van der Waals surface area contributed by atoms with Gasteiger partial charge in [0, 0.05) is 31.7 Å². The van der Waals surface area contributed by atoms with Crippen molar-refractivity contribution >= 4 is 11.7 Å². The quantitative estimate of drug-likeness (QED) is 0.630. The van der Waals surface area contributed by atoms with Crippen molar-refractivity contribution in [2.75, 3.05) is 26.2 Å². The number of nitrogens with zero attached hydrogens (tertiary/aromatic N) is 1. The molecule has 2 aliphatic rings. The van der Waals surface area contributed by atoms with Gasteiger partial charge in [0.2, 0.25) is 5.78 Å². The molecule has 1 aromatic carbocycles. The summed E-state index contributed by atoms with van der Waals surface area (Å²) in [5, 5.41) is 3.18. The van der Waals surface area contributed by atoms with Crippen LogP contribution >= 0.6 is 0 Å². The number of benzene rings is 1. The summed E-state index contributed by atoms with van der Waals surface area (Å²) in [6, 6.07) is 5.71. The molecule has 0 bridgehead atoms. The Bertz CT molecular complexity index is 519. The van der Waals surface area contributed by atoms with Crippen molar-refractivity contribution < 1.29 is 9.59 Å². The predicted octanol–water partition coefficient (Wildman–Crippen LogP) is 0.790. The molecule has 1 heterocycles. The van der Waals surface area contributed by atoms with Crippen molar-refractivity contribution in [3.63, 3.8) is 0 Å². The molecule has 19 heavy (non-hydrogen) atoms. The number of fused-ring (bicyclic) bond motifs is 1. The molecule has 1 fully saturated rings. The van der Waals surface area contributed by atoms with Crippen LogP contribution in [0.1, 0.15) is 27.9 Å². The Hall–Kier alpha value is -1.68. The first kappa shape index (κ1) is 12.4. The molecule has 0 radical (unpaired) electrons. The van der Waals surface area contributed by atoms with Crippen molar-refractivity contribution in [2.24, 2.45) is 0 Å². The topological polar surface area (TPSA) is 49.4 Å². The van der Waals surface area contributed by atoms with Crippen LogP contribution in [0.25, 0.3) is 0 Å². The van der Waals surface area contributed by atoms with Crippen LogP contribution in [0.3, 0.4) is 0 Å². The number of hydrogen-bond donors (Lipinski definition) is 1. The molecule has 100 valence electrons. The number of aryl methyl sites for hydroxylation is 2. The number of nitrogens with one attached hydrogen (secondary N) is 1. The Morgan fingerprint density at radius 3 is 2.58 bits per heavy atom. The van der Waals surface area contributed by atoms with Gasteiger partial charge in [0.15, 0.2) is 0 Å². The molecule has 0 aromatic heterocycles. The molecule has 0 spiro atoms. The minimum absolute atomic E-state index is 0.362. The molecule has 1 aliphatic heterocycles. The number of carbonyl (C=O) groups is 2. The zero-order valence-electron chi connectivity index (χ0n) is 10.9. The van der Waals surface area contributed by atoms with E-state index in [-0.39, 0.29) is 11.7 Å². The van der Waals surface area contributed by atoms with Gasteiger partial charge >= 0.3 is 0 Å². The average molecular weight is 258 g/mol. The monoisotopic (exact) mass is 258 g/mol. The fourth-order valence-corrected chi connectivity index (χ4v) is 2.85. The number of piperazine rings is 1. The van der Waals surface area contributed by atoms with E-state index in [0.29, 0.717) is 18.7 Å². The SMILES string of the molecule is O=C(C(=O)N1CCNCC1)c1ccc2c(c1)CCC2. The van der Waals surface area contributed by atoms with Crippen LogP contribution in [0.4, 0.5) is 0 Å². The third-order valence-corrected chi connectivity index (χ3v) is 3.96. The van der Waals surface area contributed by atoms with Crippen LogP contribution < -0.4 is 5.32 Å². The van der Waals surface area contributed by atoms with Gasteiger partial charge in [0.1, 0.15) is 0 Å². The van der Waals surface area contributed by atoms with E-state index in [1.807, 2.05) is 12.1 Å². The fraction of sp³-hybridized carbons (Fsp3) is 0.467. The second-order valence-electron chi connectivity index (χ2n) is 5.21. The summed E-state index contributed by atoms with van der Waals surface area (Å²) in [6.07, 6.45) is 3.27. The Morgan fingerprint density at radius 2 is 1.79 bits per heavy atom. The minimum Gasteiger partial charge on any atom is -0.333 e. The van der Waals surface area contributed by atoms with Crippen LogP contribution in [0.2, 0.25) is 0 Å². The summed E-state index contributed by atoms with van der Waals surface area (Å²) < 4.78 is 0. The second-order valence-corrected chi connectivity index (χ2v) is 5.21. The molecular weight excluding hydrogens is 240 g/mol. The highest BCUT2D eigenvalue weighted by atomic mass is 16.2. The lowest BCUT2D eigenvalue weighted by Crippen LogP contribution is -2.48. The lowest BCUT2D eigenvalue weighted by atomic mass is 10.0. The lowest BCUT2D eigenvalue weighted by Gasteiger charge is -2.26. The normalized spacial score (nSPS) is 18.2. The van der Waals surface area contributed by atoms with Crippen molar-refractivity contribution in [2.45, 2.75) is 19.3 Å². The van der Waals surface area contributed by atoms with Crippen LogP contribution in [0.5, 0.6) is 0 Å². The smallest absolute Gasteiger partial charge is 0.295 e. The molecular formula is C15H18N2O2. The van der Waals surface area contributed by atoms with E-state index in [9.17, 15) is 9.59 Å². The third kappa shape index (κ3) is 2.40. The van der Waals surface area contributed by atoms with Gasteiger partial charge in [0.25, 0.3) is 5.91 Å². The van der Waals surface area contributed by atoms with E-state index in [4.69, 9.17) is 0 Å². The van der Waals surface area contributed by atoms with Crippen molar-refractivity contribution in [1.82, 2.24) is 10.2 Å². The summed E-state index contributed by atoms with van der Waals surface area (Å²) >= 11 is 0. The number of carbonyl (C=O) groups excluding carboxylic acids is 2. The molecule has 0 unspecified atom stereocenters. The first-order chi connectivity index (χ1) is 9.25. The van der Waals surface area contributed by atoms with Crippen LogP contribution in [-0.4, -0.2) is 42.8 Å². The summed E-state index contributed by atoms with van der Waals surface area (Å²) in [5.41, 5.74) is 3.11. The van der Waals surface area contributed by atoms with Crippen molar-refractivity contribution in [1.29, 1.82) is 0 Å². The Labute approximate surface area is 112 Å². The largest absolute Gasteiger partial charge is 0.333 e. The molecule has 1 saturated heterocycles. The number of amides is 1. The first-order valence-corrected chi connectivity index (χ1v) is 6.92. The average Bonchev–Trinajstić information content (AvgIpc) is 2.94. The summed E-state index contributed by atoms with van der Waals surface area (Å²) in [6.45, 7) is 2.78. The van der Waals surface area contributed by atoms with E-state index in [2.05, 4.69) is 5.32 Å². The van der Waals surface area contributed by atoms with Gasteiger partial charge in [0.05, 0.1) is 0 Å². The van der Waals surface area contributed by atoms with Crippen LogP contribution in [-0.2, 0) is 17.6 Å². The van der Waals surface area contributed by atoms with E-state index < -0.39 is 0 Å². The molecule has 0 atom stereocenters. The van der Waals surface area contributed by atoms with Gasteiger partial charge in [-0.1, -0.05) is 12.1 Å². The molecule has 0 saturated carbocycles. The summed E-state index contributed by atoms with van der Waals surface area (Å²) in [4.78, 5) is 26.0. The molecule has 4 nitrogen and oxygen atoms in total. The highest BCUT2D eigenvalue weighted by Gasteiger charge is 2.25. The highest BCUT2D eigenvalue weighted by Crippen LogP contribution is 2.23. The Morgan fingerprint density at radius 1 is 1.05 bits per heavy atom. The van der Waals surface area contributed by atoms with Gasteiger partial charge in [-0.3, -0.25) is 9.59 Å². The number of rotatable bonds is 2. The van der Waals surface area contributed by atoms with Crippen molar-refractivity contribution in [3.8, 4) is 0 Å². The predicted molar refractivity (Wildman–Crippen MR) is 72.2 cm³/mol. The first-order valence-electron chi connectivity index (χ1n) is 6.92. The van der Waals surface area contributed by atoms with E-state index in [1.54, 1.807) is 11.0 Å². The lowest BCUT2D eigenvalue weighted by molar-refractivity contribution is -0.126. The summed E-state index contributed by atoms with van der Waals surface area (Å²) in [7, 11) is 0. The standard InChI is InChI=1S/C15H18N2O2/c18-14(15(19)17-8-6-16-7-9-17)13-5-4-11-2-1-3-12(11)10-13/h4-5,10,16H,1-3,6-9H2. The van der Waals surface area contributed by atoms with E-state index in [0.717, 1.165) is 32.4 Å². The van der Waals surface area contributed by atoms with Gasteiger partial charge in [-0.25, -0.2) is 0 Å². The van der Waals surface area contributed by atoms with Gasteiger partial charge in [-0.15, -0.1) is 0 Å². The maximum Gasteiger partial charge on any atom is 0.295 e. The molecule has 1 aliphatic carbocycles. The van der Waals surface area contributed by atoms with Gasteiger partial charge < -0.3 is 10.2 Å². The molecule has 1 amide bonds. The second kappa shape index (κ2) is 5.13.